The molecule has 7 nitrogen and oxygen atoms in total. The van der Waals surface area contributed by atoms with Gasteiger partial charge in [0.25, 0.3) is 5.56 Å². The van der Waals surface area contributed by atoms with Gasteiger partial charge < -0.3 is 14.2 Å². The summed E-state index contributed by atoms with van der Waals surface area (Å²) in [6, 6.07) is 18.1. The number of fused-ring (bicyclic) bond motifs is 1. The summed E-state index contributed by atoms with van der Waals surface area (Å²) in [6.45, 7) is 1.51. The molecule has 2 aromatic heterocycles. The molecule has 34 heavy (non-hydrogen) atoms. The first-order valence-corrected chi connectivity index (χ1v) is 11.6. The van der Waals surface area contributed by atoms with Crippen molar-refractivity contribution in [2.75, 3.05) is 18.0 Å². The molecule has 1 fully saturated rings. The second-order valence-corrected chi connectivity index (χ2v) is 8.80. The van der Waals surface area contributed by atoms with Crippen molar-refractivity contribution in [2.45, 2.75) is 25.4 Å². The number of pyridine rings is 1. The molecule has 0 saturated carbocycles. The van der Waals surface area contributed by atoms with Crippen LogP contribution in [0.2, 0.25) is 0 Å². The Morgan fingerprint density at radius 3 is 2.56 bits per heavy atom. The molecule has 1 saturated heterocycles. The fraction of sp³-hybridized carbons (Fsp3) is 0.296. The van der Waals surface area contributed by atoms with Gasteiger partial charge in [0.15, 0.2) is 0 Å². The summed E-state index contributed by atoms with van der Waals surface area (Å²) in [7, 11) is 3.63. The first-order valence-electron chi connectivity index (χ1n) is 11.6. The van der Waals surface area contributed by atoms with Gasteiger partial charge in [0.1, 0.15) is 23.5 Å². The van der Waals surface area contributed by atoms with Crippen molar-refractivity contribution in [1.82, 2.24) is 14.3 Å². The van der Waals surface area contributed by atoms with E-state index in [-0.39, 0.29) is 17.2 Å². The second-order valence-electron chi connectivity index (χ2n) is 8.80. The van der Waals surface area contributed by atoms with Crippen LogP contribution >= 0.6 is 0 Å². The van der Waals surface area contributed by atoms with Gasteiger partial charge in [0.05, 0.1) is 17.4 Å². The zero-order valence-corrected chi connectivity index (χ0v) is 19.4. The molecule has 0 N–H and O–H groups in total. The first-order chi connectivity index (χ1) is 16.5. The zero-order valence-electron chi connectivity index (χ0n) is 19.4. The van der Waals surface area contributed by atoms with Crippen molar-refractivity contribution in [3.63, 3.8) is 0 Å². The van der Waals surface area contributed by atoms with Gasteiger partial charge in [0, 0.05) is 50.8 Å². The molecule has 0 bridgehead atoms. The molecule has 2 aromatic carbocycles. The lowest BCUT2D eigenvalue weighted by atomic mass is 10.1. The molecule has 4 aromatic rings. The molecule has 1 aliphatic rings. The Balaban J connectivity index is 1.35. The highest BCUT2D eigenvalue weighted by Gasteiger charge is 2.24. The molecule has 3 heterocycles. The van der Waals surface area contributed by atoms with Crippen LogP contribution in [0.3, 0.4) is 0 Å². The number of hydrogen-bond donors (Lipinski definition) is 0. The standard InChI is InChI=1S/C27H27N5O2/c1-30-18-20(17-29-30)19-9-11-22(12-10-19)34-21-6-5-14-32(15-13-21)26-23-7-3-4-8-25(23)31(2)27(33)24(26)16-28/h3-4,7-12,17-18,21H,5-6,13-15H2,1-2H3. The van der Waals surface area contributed by atoms with Crippen LogP contribution in [0.1, 0.15) is 24.8 Å². The van der Waals surface area contributed by atoms with Gasteiger partial charge >= 0.3 is 0 Å². The highest BCUT2D eigenvalue weighted by atomic mass is 16.5. The van der Waals surface area contributed by atoms with Crippen molar-refractivity contribution in [2.24, 2.45) is 14.1 Å². The third kappa shape index (κ3) is 4.03. The van der Waals surface area contributed by atoms with E-state index in [1.165, 1.54) is 0 Å². The predicted molar refractivity (Wildman–Crippen MR) is 133 cm³/mol. The highest BCUT2D eigenvalue weighted by Crippen LogP contribution is 2.31. The van der Waals surface area contributed by atoms with Crippen molar-refractivity contribution in [3.05, 3.63) is 76.8 Å². The molecular formula is C27H27N5O2. The van der Waals surface area contributed by atoms with E-state index in [9.17, 15) is 10.1 Å². The molecular weight excluding hydrogens is 426 g/mol. The maximum absolute atomic E-state index is 12.9. The summed E-state index contributed by atoms with van der Waals surface area (Å²) >= 11 is 0. The summed E-state index contributed by atoms with van der Waals surface area (Å²) in [5.74, 6) is 0.850. The minimum absolute atomic E-state index is 0.0811. The average Bonchev–Trinajstić information content (AvgIpc) is 3.16. The number of nitriles is 1. The molecule has 1 aliphatic heterocycles. The molecule has 172 valence electrons. The van der Waals surface area contributed by atoms with Crippen LogP contribution in [-0.2, 0) is 14.1 Å². The lowest BCUT2D eigenvalue weighted by Gasteiger charge is -2.26. The summed E-state index contributed by atoms with van der Waals surface area (Å²) in [5.41, 5.74) is 3.74. The van der Waals surface area contributed by atoms with Crippen molar-refractivity contribution in [3.8, 4) is 22.9 Å². The van der Waals surface area contributed by atoms with E-state index in [4.69, 9.17) is 4.74 Å². The van der Waals surface area contributed by atoms with Crippen LogP contribution in [0.25, 0.3) is 22.0 Å². The Hall–Kier alpha value is -4.05. The van der Waals surface area contributed by atoms with Crippen LogP contribution in [0.4, 0.5) is 5.69 Å². The van der Waals surface area contributed by atoms with E-state index >= 15 is 0 Å². The number of aryl methyl sites for hydroxylation is 2. The summed E-state index contributed by atoms with van der Waals surface area (Å²) < 4.78 is 9.68. The number of anilines is 1. The van der Waals surface area contributed by atoms with E-state index in [0.29, 0.717) is 0 Å². The van der Waals surface area contributed by atoms with Crippen molar-refractivity contribution < 1.29 is 4.74 Å². The first kappa shape index (κ1) is 21.8. The SMILES string of the molecule is Cn1cc(-c2ccc(OC3CCCN(c4c(C#N)c(=O)n(C)c5ccccc45)CC3)cc2)cn1. The van der Waals surface area contributed by atoms with Gasteiger partial charge in [-0.1, -0.05) is 30.3 Å². The predicted octanol–water partition coefficient (Wildman–Crippen LogP) is 4.25. The number of nitrogens with zero attached hydrogens (tertiary/aromatic N) is 5. The highest BCUT2D eigenvalue weighted by molar-refractivity contribution is 5.94. The van der Waals surface area contributed by atoms with E-state index in [0.717, 1.165) is 65.8 Å². The third-order valence-electron chi connectivity index (χ3n) is 6.57. The van der Waals surface area contributed by atoms with Crippen molar-refractivity contribution in [1.29, 1.82) is 5.26 Å². The molecule has 1 unspecified atom stereocenters. The summed E-state index contributed by atoms with van der Waals surface area (Å²) in [6.07, 6.45) is 6.59. The Kier molecular flexibility index (Phi) is 5.81. The largest absolute Gasteiger partial charge is 0.490 e. The lowest BCUT2D eigenvalue weighted by molar-refractivity contribution is 0.188. The minimum Gasteiger partial charge on any atom is -0.490 e. The number of ether oxygens (including phenoxy) is 1. The number of aromatic nitrogens is 3. The number of hydrogen-bond acceptors (Lipinski definition) is 5. The maximum Gasteiger partial charge on any atom is 0.270 e. The quantitative estimate of drug-likeness (QED) is 0.462. The molecule has 5 rings (SSSR count). The van der Waals surface area contributed by atoms with Crippen LogP contribution in [0.15, 0.2) is 65.7 Å². The summed E-state index contributed by atoms with van der Waals surface area (Å²) in [5, 5.41) is 15.0. The normalized spacial score (nSPS) is 16.3. The molecule has 0 radical (unpaired) electrons. The number of benzene rings is 2. The molecule has 0 amide bonds. The molecule has 0 spiro atoms. The molecule has 0 aliphatic carbocycles. The fourth-order valence-corrected chi connectivity index (χ4v) is 4.80. The van der Waals surface area contributed by atoms with Gasteiger partial charge in [0.2, 0.25) is 0 Å². The number of rotatable bonds is 4. The Morgan fingerprint density at radius 2 is 1.82 bits per heavy atom. The van der Waals surface area contributed by atoms with Gasteiger partial charge in [-0.15, -0.1) is 0 Å². The van der Waals surface area contributed by atoms with Gasteiger partial charge in [-0.25, -0.2) is 0 Å². The molecule has 7 heteroatoms. The van der Waals surface area contributed by atoms with Gasteiger partial charge in [-0.3, -0.25) is 9.48 Å². The smallest absolute Gasteiger partial charge is 0.270 e. The van der Waals surface area contributed by atoms with E-state index < -0.39 is 0 Å². The monoisotopic (exact) mass is 453 g/mol. The van der Waals surface area contributed by atoms with E-state index in [1.807, 2.05) is 55.8 Å². The fourth-order valence-electron chi connectivity index (χ4n) is 4.80. The number of para-hydroxylation sites is 1. The minimum atomic E-state index is -0.248. The zero-order chi connectivity index (χ0) is 23.7. The van der Waals surface area contributed by atoms with E-state index in [1.54, 1.807) is 16.3 Å². The Morgan fingerprint density at radius 1 is 1.03 bits per heavy atom. The average molecular weight is 454 g/mol. The van der Waals surface area contributed by atoms with Crippen LogP contribution in [0, 0.1) is 11.3 Å². The summed E-state index contributed by atoms with van der Waals surface area (Å²) in [4.78, 5) is 15.1. The van der Waals surface area contributed by atoms with Gasteiger partial charge in [-0.05, 0) is 36.6 Å². The third-order valence-corrected chi connectivity index (χ3v) is 6.57. The van der Waals surface area contributed by atoms with Crippen LogP contribution < -0.4 is 15.2 Å². The Labute approximate surface area is 198 Å². The Bertz CT molecular complexity index is 1430. The van der Waals surface area contributed by atoms with Gasteiger partial charge in [-0.2, -0.15) is 10.4 Å². The van der Waals surface area contributed by atoms with E-state index in [2.05, 4.69) is 28.2 Å². The topological polar surface area (TPSA) is 76.1 Å². The van der Waals surface area contributed by atoms with Crippen LogP contribution in [0.5, 0.6) is 5.75 Å². The molecule has 1 atom stereocenters. The second kappa shape index (κ2) is 9.06. The van der Waals surface area contributed by atoms with Crippen molar-refractivity contribution >= 4 is 16.6 Å². The maximum atomic E-state index is 12.9. The van der Waals surface area contributed by atoms with Crippen LogP contribution in [-0.4, -0.2) is 33.5 Å². The lowest BCUT2D eigenvalue weighted by Crippen LogP contribution is -2.30.